The zero-order chi connectivity index (χ0) is 16.4. The third-order valence-corrected chi connectivity index (χ3v) is 4.94. The molecule has 0 aromatic carbocycles. The molecule has 2 N–H and O–H groups in total. The van der Waals surface area contributed by atoms with Crippen molar-refractivity contribution in [2.45, 2.75) is 6.54 Å². The van der Waals surface area contributed by atoms with Crippen LogP contribution >= 0.6 is 11.3 Å². The third-order valence-electron chi connectivity index (χ3n) is 4.11. The Bertz CT molecular complexity index is 798. The van der Waals surface area contributed by atoms with E-state index in [1.165, 1.54) is 0 Å². The van der Waals surface area contributed by atoms with Gasteiger partial charge in [-0.05, 0) is 12.1 Å². The van der Waals surface area contributed by atoms with Gasteiger partial charge in [-0.1, -0.05) is 6.07 Å². The molecule has 1 saturated heterocycles. The van der Waals surface area contributed by atoms with Crippen LogP contribution in [0.4, 0.5) is 5.13 Å². The topological polar surface area (TPSA) is 75.0 Å². The molecule has 3 aromatic heterocycles. The summed E-state index contributed by atoms with van der Waals surface area (Å²) in [6.45, 7) is 4.05. The fraction of sp³-hybridized carbons (Fsp3) is 0.312. The van der Waals surface area contributed by atoms with E-state index in [0.717, 1.165) is 42.7 Å². The Hall–Kier alpha value is -2.61. The molecule has 8 heteroatoms. The SMILES string of the molecule is NC(=NCc1cn2ccccc2n1)N1CCN(c2nccs2)CC1. The van der Waals surface area contributed by atoms with Gasteiger partial charge in [0, 0.05) is 50.1 Å². The maximum Gasteiger partial charge on any atom is 0.191 e. The van der Waals surface area contributed by atoms with Crippen LogP contribution in [0, 0.1) is 0 Å². The van der Waals surface area contributed by atoms with Crippen molar-refractivity contribution in [1.29, 1.82) is 0 Å². The summed E-state index contributed by atoms with van der Waals surface area (Å²) in [6, 6.07) is 5.94. The van der Waals surface area contributed by atoms with E-state index in [-0.39, 0.29) is 0 Å². The number of nitrogens with zero attached hydrogens (tertiary/aromatic N) is 6. The van der Waals surface area contributed by atoms with E-state index >= 15 is 0 Å². The lowest BCUT2D eigenvalue weighted by molar-refractivity contribution is 0.380. The van der Waals surface area contributed by atoms with Crippen LogP contribution in [0.15, 0.2) is 47.2 Å². The first-order valence-corrected chi connectivity index (χ1v) is 8.79. The Labute approximate surface area is 144 Å². The number of thiazole rings is 1. The molecule has 4 heterocycles. The molecule has 3 aromatic rings. The fourth-order valence-corrected chi connectivity index (χ4v) is 3.52. The Balaban J connectivity index is 1.37. The largest absolute Gasteiger partial charge is 0.370 e. The molecule has 0 unspecified atom stereocenters. The summed E-state index contributed by atoms with van der Waals surface area (Å²) in [5.41, 5.74) is 8.02. The molecule has 0 amide bonds. The molecule has 124 valence electrons. The third kappa shape index (κ3) is 3.05. The average molecular weight is 341 g/mol. The van der Waals surface area contributed by atoms with E-state index in [0.29, 0.717) is 12.5 Å². The number of aromatic nitrogens is 3. The number of imidazole rings is 1. The highest BCUT2D eigenvalue weighted by Crippen LogP contribution is 2.18. The quantitative estimate of drug-likeness (QED) is 0.576. The molecule has 7 nitrogen and oxygen atoms in total. The number of nitrogens with two attached hydrogens (primary N) is 1. The van der Waals surface area contributed by atoms with E-state index in [4.69, 9.17) is 5.73 Å². The van der Waals surface area contributed by atoms with Crippen LogP contribution in [-0.4, -0.2) is 51.4 Å². The number of anilines is 1. The second-order valence-electron chi connectivity index (χ2n) is 5.66. The summed E-state index contributed by atoms with van der Waals surface area (Å²) in [5.74, 6) is 0.589. The number of hydrogen-bond donors (Lipinski definition) is 1. The maximum absolute atomic E-state index is 6.16. The smallest absolute Gasteiger partial charge is 0.191 e. The van der Waals surface area contributed by atoms with Crippen LogP contribution in [0.2, 0.25) is 0 Å². The van der Waals surface area contributed by atoms with E-state index in [1.807, 2.05) is 46.6 Å². The van der Waals surface area contributed by atoms with Crippen LogP contribution in [0.25, 0.3) is 5.65 Å². The second kappa shape index (κ2) is 6.48. The van der Waals surface area contributed by atoms with Crippen molar-refractivity contribution in [3.05, 3.63) is 47.9 Å². The minimum atomic E-state index is 0.500. The molecule has 0 radical (unpaired) electrons. The molecule has 1 aliphatic rings. The molecule has 0 saturated carbocycles. The van der Waals surface area contributed by atoms with Gasteiger partial charge in [0.15, 0.2) is 11.1 Å². The minimum absolute atomic E-state index is 0.500. The van der Waals surface area contributed by atoms with Crippen LogP contribution in [0.1, 0.15) is 5.69 Å². The lowest BCUT2D eigenvalue weighted by Gasteiger charge is -2.35. The average Bonchev–Trinajstić information content (AvgIpc) is 3.29. The molecule has 0 atom stereocenters. The summed E-state index contributed by atoms with van der Waals surface area (Å²) < 4.78 is 1.99. The van der Waals surface area contributed by atoms with Gasteiger partial charge in [-0.15, -0.1) is 11.3 Å². The number of hydrogen-bond acceptors (Lipinski definition) is 5. The Morgan fingerprint density at radius 1 is 1.25 bits per heavy atom. The van der Waals surface area contributed by atoms with Gasteiger partial charge in [0.1, 0.15) is 5.65 Å². The monoisotopic (exact) mass is 341 g/mol. The zero-order valence-corrected chi connectivity index (χ0v) is 14.1. The number of piperazine rings is 1. The van der Waals surface area contributed by atoms with E-state index in [9.17, 15) is 0 Å². The van der Waals surface area contributed by atoms with E-state index < -0.39 is 0 Å². The van der Waals surface area contributed by atoms with E-state index in [1.54, 1.807) is 11.3 Å². The van der Waals surface area contributed by atoms with E-state index in [2.05, 4.69) is 24.8 Å². The van der Waals surface area contributed by atoms with Gasteiger partial charge in [0.05, 0.1) is 12.2 Å². The molecule has 24 heavy (non-hydrogen) atoms. The van der Waals surface area contributed by atoms with Crippen molar-refractivity contribution in [2.24, 2.45) is 10.7 Å². The normalized spacial score (nSPS) is 16.1. The highest BCUT2D eigenvalue weighted by atomic mass is 32.1. The zero-order valence-electron chi connectivity index (χ0n) is 13.2. The van der Waals surface area contributed by atoms with Gasteiger partial charge in [0.25, 0.3) is 0 Å². The molecular formula is C16H19N7S. The predicted octanol–water partition coefficient (Wildman–Crippen LogP) is 1.43. The predicted molar refractivity (Wildman–Crippen MR) is 96.4 cm³/mol. The van der Waals surface area contributed by atoms with Crippen molar-refractivity contribution >= 4 is 28.1 Å². The highest BCUT2D eigenvalue weighted by molar-refractivity contribution is 7.13. The van der Waals surface area contributed by atoms with Gasteiger partial charge in [-0.25, -0.2) is 15.0 Å². The van der Waals surface area contributed by atoms with Crippen molar-refractivity contribution in [3.63, 3.8) is 0 Å². The van der Waals surface area contributed by atoms with Gasteiger partial charge in [0.2, 0.25) is 0 Å². The standard InChI is InChI=1S/C16H19N7S/c17-15(19-11-13-12-23-5-2-1-3-14(23)20-13)21-6-8-22(9-7-21)16-18-4-10-24-16/h1-5,10,12H,6-9,11H2,(H2,17,19). The molecule has 0 bridgehead atoms. The number of guanidine groups is 1. The number of fused-ring (bicyclic) bond motifs is 1. The first-order valence-electron chi connectivity index (χ1n) is 7.91. The Morgan fingerprint density at radius 2 is 2.12 bits per heavy atom. The lowest BCUT2D eigenvalue weighted by Crippen LogP contribution is -2.51. The van der Waals surface area contributed by atoms with Crippen LogP contribution in [0.5, 0.6) is 0 Å². The molecular weight excluding hydrogens is 322 g/mol. The van der Waals surface area contributed by atoms with Gasteiger partial charge < -0.3 is 19.9 Å². The Morgan fingerprint density at radius 3 is 2.88 bits per heavy atom. The summed E-state index contributed by atoms with van der Waals surface area (Å²) in [4.78, 5) is 17.8. The summed E-state index contributed by atoms with van der Waals surface area (Å²) >= 11 is 1.67. The van der Waals surface area contributed by atoms with Gasteiger partial charge in [-0.2, -0.15) is 0 Å². The van der Waals surface area contributed by atoms with Crippen molar-refractivity contribution < 1.29 is 0 Å². The first-order chi connectivity index (χ1) is 11.8. The van der Waals surface area contributed by atoms with Crippen LogP contribution in [-0.2, 0) is 6.54 Å². The molecule has 1 aliphatic heterocycles. The second-order valence-corrected chi connectivity index (χ2v) is 6.53. The first kappa shape index (κ1) is 14.9. The van der Waals surface area contributed by atoms with Crippen LogP contribution in [0.3, 0.4) is 0 Å². The summed E-state index contributed by atoms with van der Waals surface area (Å²) in [6.07, 6.45) is 5.82. The number of aliphatic imine (C=N–C) groups is 1. The molecule has 4 rings (SSSR count). The maximum atomic E-state index is 6.16. The van der Waals surface area contributed by atoms with Crippen molar-refractivity contribution in [1.82, 2.24) is 19.3 Å². The minimum Gasteiger partial charge on any atom is -0.370 e. The van der Waals surface area contributed by atoms with Crippen molar-refractivity contribution in [3.8, 4) is 0 Å². The summed E-state index contributed by atoms with van der Waals surface area (Å²) in [5, 5.41) is 3.08. The molecule has 0 spiro atoms. The van der Waals surface area contributed by atoms with Crippen LogP contribution < -0.4 is 10.6 Å². The van der Waals surface area contributed by atoms with Crippen molar-refractivity contribution in [2.75, 3.05) is 31.1 Å². The van der Waals surface area contributed by atoms with Gasteiger partial charge >= 0.3 is 0 Å². The molecule has 0 aliphatic carbocycles. The summed E-state index contributed by atoms with van der Waals surface area (Å²) in [7, 11) is 0. The Kier molecular flexibility index (Phi) is 4.04. The highest BCUT2D eigenvalue weighted by Gasteiger charge is 2.19. The fourth-order valence-electron chi connectivity index (χ4n) is 2.82. The molecule has 1 fully saturated rings. The number of rotatable bonds is 3. The lowest BCUT2D eigenvalue weighted by atomic mass is 10.3. The number of pyridine rings is 1. The van der Waals surface area contributed by atoms with Gasteiger partial charge in [-0.3, -0.25) is 0 Å².